The molecule has 2 atom stereocenters. The smallest absolute Gasteiger partial charge is 0.184 e. The summed E-state index contributed by atoms with van der Waals surface area (Å²) in [6.45, 7) is 4.24. The Morgan fingerprint density at radius 2 is 2.28 bits per heavy atom. The summed E-state index contributed by atoms with van der Waals surface area (Å²) in [7, 11) is 0. The Kier molecular flexibility index (Phi) is 2.54. The van der Waals surface area contributed by atoms with Gasteiger partial charge in [0.2, 0.25) is 0 Å². The van der Waals surface area contributed by atoms with Crippen molar-refractivity contribution >= 4 is 5.69 Å². The second-order valence-corrected chi connectivity index (χ2v) is 4.96. The molecule has 0 bridgehead atoms. The van der Waals surface area contributed by atoms with Crippen LogP contribution in [0.15, 0.2) is 18.2 Å². The molecule has 0 spiro atoms. The van der Waals surface area contributed by atoms with Gasteiger partial charge in [0.05, 0.1) is 6.04 Å². The highest BCUT2D eigenvalue weighted by atomic mass is 15.6. The largest absolute Gasteiger partial charge is 0.398 e. The lowest BCUT2D eigenvalue weighted by atomic mass is 10.1. The maximum absolute atomic E-state index is 6.06. The van der Waals surface area contributed by atoms with Gasteiger partial charge in [-0.25, -0.2) is 4.68 Å². The van der Waals surface area contributed by atoms with Gasteiger partial charge in [-0.05, 0) is 41.3 Å². The summed E-state index contributed by atoms with van der Waals surface area (Å²) in [5, 5.41) is 12.1. The molecule has 1 heterocycles. The SMILES string of the molecule is CCC1CC1n1nnnc1-c1c(C)cccc1N. The first-order valence-corrected chi connectivity index (χ1v) is 6.35. The van der Waals surface area contributed by atoms with Crippen molar-refractivity contribution in [1.82, 2.24) is 20.2 Å². The Morgan fingerprint density at radius 1 is 1.44 bits per heavy atom. The number of rotatable bonds is 3. The fraction of sp³-hybridized carbons (Fsp3) is 0.462. The van der Waals surface area contributed by atoms with Gasteiger partial charge >= 0.3 is 0 Å². The van der Waals surface area contributed by atoms with E-state index in [0.717, 1.165) is 22.6 Å². The van der Waals surface area contributed by atoms with Crippen LogP contribution in [0.3, 0.4) is 0 Å². The summed E-state index contributed by atoms with van der Waals surface area (Å²) in [5.41, 5.74) is 8.87. The van der Waals surface area contributed by atoms with E-state index in [9.17, 15) is 0 Å². The standard InChI is InChI=1S/C13H17N5/c1-3-9-7-11(9)18-13(15-16-17-18)12-8(2)5-4-6-10(12)14/h4-6,9,11H,3,7,14H2,1-2H3. The molecule has 1 aliphatic rings. The van der Waals surface area contributed by atoms with Crippen LogP contribution < -0.4 is 5.73 Å². The molecule has 0 aliphatic heterocycles. The van der Waals surface area contributed by atoms with Gasteiger partial charge in [-0.15, -0.1) is 5.10 Å². The molecular formula is C13H17N5. The number of hydrogen-bond acceptors (Lipinski definition) is 4. The minimum absolute atomic E-state index is 0.444. The summed E-state index contributed by atoms with van der Waals surface area (Å²) >= 11 is 0. The molecule has 3 rings (SSSR count). The molecule has 94 valence electrons. The third kappa shape index (κ3) is 1.66. The van der Waals surface area contributed by atoms with Crippen molar-refractivity contribution in [1.29, 1.82) is 0 Å². The Morgan fingerprint density at radius 3 is 2.94 bits per heavy atom. The molecule has 0 saturated heterocycles. The lowest BCUT2D eigenvalue weighted by Gasteiger charge is -2.09. The number of benzene rings is 1. The Hall–Kier alpha value is -1.91. The molecule has 2 aromatic rings. The highest BCUT2D eigenvalue weighted by Crippen LogP contribution is 2.46. The monoisotopic (exact) mass is 243 g/mol. The van der Waals surface area contributed by atoms with Crippen LogP contribution in [-0.2, 0) is 0 Å². The molecular weight excluding hydrogens is 226 g/mol. The average molecular weight is 243 g/mol. The number of nitrogen functional groups attached to an aromatic ring is 1. The number of nitrogens with zero attached hydrogens (tertiary/aromatic N) is 4. The fourth-order valence-electron chi connectivity index (χ4n) is 2.55. The van der Waals surface area contributed by atoms with E-state index in [1.54, 1.807) is 0 Å². The highest BCUT2D eigenvalue weighted by Gasteiger charge is 2.40. The van der Waals surface area contributed by atoms with Crippen molar-refractivity contribution in [3.8, 4) is 11.4 Å². The molecule has 18 heavy (non-hydrogen) atoms. The summed E-state index contributed by atoms with van der Waals surface area (Å²) in [6, 6.07) is 6.33. The fourth-order valence-corrected chi connectivity index (χ4v) is 2.55. The first-order chi connectivity index (χ1) is 8.72. The van der Waals surface area contributed by atoms with Crippen LogP contribution in [0.5, 0.6) is 0 Å². The Labute approximate surface area is 106 Å². The number of anilines is 1. The predicted molar refractivity (Wildman–Crippen MR) is 69.8 cm³/mol. The van der Waals surface area contributed by atoms with E-state index < -0.39 is 0 Å². The van der Waals surface area contributed by atoms with Crippen molar-refractivity contribution in [2.45, 2.75) is 32.7 Å². The normalized spacial score (nSPS) is 22.1. The Bertz CT molecular complexity index is 554. The summed E-state index contributed by atoms with van der Waals surface area (Å²) in [6.07, 6.45) is 2.34. The van der Waals surface area contributed by atoms with Crippen LogP contribution in [0.2, 0.25) is 0 Å². The van der Waals surface area contributed by atoms with Crippen molar-refractivity contribution < 1.29 is 0 Å². The van der Waals surface area contributed by atoms with Crippen LogP contribution in [0.25, 0.3) is 11.4 Å². The van der Waals surface area contributed by atoms with E-state index in [1.165, 1.54) is 12.8 Å². The summed E-state index contributed by atoms with van der Waals surface area (Å²) < 4.78 is 1.94. The number of aryl methyl sites for hydroxylation is 1. The molecule has 1 saturated carbocycles. The van der Waals surface area contributed by atoms with Crippen molar-refractivity contribution in [2.75, 3.05) is 5.73 Å². The van der Waals surface area contributed by atoms with Gasteiger partial charge in [0.15, 0.2) is 5.82 Å². The van der Waals surface area contributed by atoms with E-state index in [1.807, 2.05) is 29.8 Å². The zero-order valence-corrected chi connectivity index (χ0v) is 10.7. The summed E-state index contributed by atoms with van der Waals surface area (Å²) in [5.74, 6) is 1.50. The molecule has 2 unspecified atom stereocenters. The second kappa shape index (κ2) is 4.08. The van der Waals surface area contributed by atoms with Gasteiger partial charge in [-0.3, -0.25) is 0 Å². The number of hydrogen-bond donors (Lipinski definition) is 1. The van der Waals surface area contributed by atoms with E-state index in [2.05, 4.69) is 22.4 Å². The quantitative estimate of drug-likeness (QED) is 0.839. The molecule has 5 nitrogen and oxygen atoms in total. The number of tetrazole rings is 1. The third-order valence-electron chi connectivity index (χ3n) is 3.75. The van der Waals surface area contributed by atoms with Gasteiger partial charge in [0.25, 0.3) is 0 Å². The lowest BCUT2D eigenvalue weighted by Crippen LogP contribution is -2.04. The predicted octanol–water partition coefficient (Wildman–Crippen LogP) is 2.20. The molecule has 0 amide bonds. The van der Waals surface area contributed by atoms with Crippen LogP contribution >= 0.6 is 0 Å². The molecule has 0 radical (unpaired) electrons. The second-order valence-electron chi connectivity index (χ2n) is 4.96. The Balaban J connectivity index is 2.06. The molecule has 1 aromatic heterocycles. The minimum atomic E-state index is 0.444. The molecule has 5 heteroatoms. The molecule has 1 fully saturated rings. The van der Waals surface area contributed by atoms with Crippen molar-refractivity contribution in [2.24, 2.45) is 5.92 Å². The lowest BCUT2D eigenvalue weighted by molar-refractivity contribution is 0.563. The third-order valence-corrected chi connectivity index (χ3v) is 3.75. The average Bonchev–Trinajstić information content (AvgIpc) is 2.99. The first-order valence-electron chi connectivity index (χ1n) is 6.35. The van der Waals surface area contributed by atoms with Crippen molar-refractivity contribution in [3.63, 3.8) is 0 Å². The van der Waals surface area contributed by atoms with E-state index in [-0.39, 0.29) is 0 Å². The van der Waals surface area contributed by atoms with E-state index in [4.69, 9.17) is 5.73 Å². The molecule has 2 N–H and O–H groups in total. The first kappa shape index (κ1) is 11.2. The van der Waals surface area contributed by atoms with Crippen LogP contribution in [0, 0.1) is 12.8 Å². The highest BCUT2D eigenvalue weighted by molar-refractivity contribution is 5.74. The van der Waals surface area contributed by atoms with Crippen molar-refractivity contribution in [3.05, 3.63) is 23.8 Å². The van der Waals surface area contributed by atoms with Crippen LogP contribution in [0.4, 0.5) is 5.69 Å². The van der Waals surface area contributed by atoms with Gasteiger partial charge in [0.1, 0.15) is 0 Å². The van der Waals surface area contributed by atoms with Gasteiger partial charge in [0, 0.05) is 11.3 Å². The zero-order chi connectivity index (χ0) is 12.7. The van der Waals surface area contributed by atoms with E-state index >= 15 is 0 Å². The van der Waals surface area contributed by atoms with Gasteiger partial charge in [-0.2, -0.15) is 0 Å². The minimum Gasteiger partial charge on any atom is -0.398 e. The molecule has 1 aromatic carbocycles. The maximum atomic E-state index is 6.06. The van der Waals surface area contributed by atoms with Crippen LogP contribution in [0.1, 0.15) is 31.4 Å². The van der Waals surface area contributed by atoms with Crippen LogP contribution in [-0.4, -0.2) is 20.2 Å². The maximum Gasteiger partial charge on any atom is 0.184 e. The topological polar surface area (TPSA) is 69.6 Å². The number of aromatic nitrogens is 4. The van der Waals surface area contributed by atoms with Gasteiger partial charge < -0.3 is 5.73 Å². The summed E-state index contributed by atoms with van der Waals surface area (Å²) in [4.78, 5) is 0. The van der Waals surface area contributed by atoms with Gasteiger partial charge in [-0.1, -0.05) is 25.5 Å². The van der Waals surface area contributed by atoms with E-state index in [0.29, 0.717) is 12.0 Å². The molecule has 1 aliphatic carbocycles. The zero-order valence-electron chi connectivity index (χ0n) is 10.7. The number of nitrogens with two attached hydrogens (primary N) is 1.